The molecule has 0 radical (unpaired) electrons. The summed E-state index contributed by atoms with van der Waals surface area (Å²) < 4.78 is 0. The van der Waals surface area contributed by atoms with Crippen LogP contribution < -0.4 is 0 Å². The number of H-pyrrole nitrogens is 1. The average Bonchev–Trinajstić information content (AvgIpc) is 3.29. The van der Waals surface area contributed by atoms with E-state index >= 15 is 0 Å². The van der Waals surface area contributed by atoms with Gasteiger partial charge in [0.05, 0.1) is 22.7 Å². The molecule has 2 saturated heterocycles. The molecule has 148 valence electrons. The van der Waals surface area contributed by atoms with E-state index in [4.69, 9.17) is 0 Å². The highest BCUT2D eigenvalue weighted by atomic mass is 16.6. The Hall–Kier alpha value is -2.70. The molecule has 6 rings (SSSR count). The Labute approximate surface area is 169 Å². The number of piperidine rings is 1. The van der Waals surface area contributed by atoms with Crippen LogP contribution in [0.25, 0.3) is 10.9 Å². The van der Waals surface area contributed by atoms with Crippen molar-refractivity contribution in [2.24, 2.45) is 0 Å². The summed E-state index contributed by atoms with van der Waals surface area (Å²) in [5, 5.41) is 13.1. The molecule has 0 aliphatic carbocycles. The first-order valence-electron chi connectivity index (χ1n) is 10.6. The number of hydrogen-bond donors (Lipinski definition) is 1. The molecule has 3 aromatic rings. The van der Waals surface area contributed by atoms with Crippen molar-refractivity contribution in [1.82, 2.24) is 14.8 Å². The minimum Gasteiger partial charge on any atom is -0.357 e. The molecule has 29 heavy (non-hydrogen) atoms. The smallest absolute Gasteiger partial charge is 0.275 e. The van der Waals surface area contributed by atoms with E-state index in [-0.39, 0.29) is 22.8 Å². The monoisotopic (exact) mass is 388 g/mol. The standard InChI is InChI=1S/C23H24N4O2/c28-27(29)19-10-4-2-8-17(19)23-25-13-6-5-11-20(25)22-21-16(12-14-26(22)23)15-7-1-3-9-18(15)24-21/h1-4,7-10,20,22-24H,5-6,11-14H2/t20-,22?,23?/m1/s1. The number of nitrogens with zero attached hydrogens (tertiary/aromatic N) is 3. The van der Waals surface area contributed by atoms with Crippen LogP contribution in [-0.2, 0) is 6.42 Å². The van der Waals surface area contributed by atoms with Crippen molar-refractivity contribution >= 4 is 16.6 Å². The summed E-state index contributed by atoms with van der Waals surface area (Å²) in [5.41, 5.74) is 5.05. The summed E-state index contributed by atoms with van der Waals surface area (Å²) >= 11 is 0. The van der Waals surface area contributed by atoms with Crippen LogP contribution in [0.3, 0.4) is 0 Å². The second-order valence-electron chi connectivity index (χ2n) is 8.49. The number of aromatic nitrogens is 1. The molecule has 0 bridgehead atoms. The van der Waals surface area contributed by atoms with Gasteiger partial charge in [-0.15, -0.1) is 0 Å². The second kappa shape index (κ2) is 6.40. The molecule has 3 aliphatic heterocycles. The lowest BCUT2D eigenvalue weighted by Crippen LogP contribution is -2.38. The molecular formula is C23H24N4O2. The van der Waals surface area contributed by atoms with Crippen LogP contribution >= 0.6 is 0 Å². The van der Waals surface area contributed by atoms with Gasteiger partial charge in [-0.05, 0) is 37.0 Å². The lowest BCUT2D eigenvalue weighted by molar-refractivity contribution is -0.386. The van der Waals surface area contributed by atoms with Gasteiger partial charge in [0.25, 0.3) is 5.69 Å². The number of hydrogen-bond acceptors (Lipinski definition) is 4. The van der Waals surface area contributed by atoms with Crippen LogP contribution in [0, 0.1) is 10.1 Å². The van der Waals surface area contributed by atoms with Gasteiger partial charge in [0, 0.05) is 41.8 Å². The number of nitro groups is 1. The highest BCUT2D eigenvalue weighted by Crippen LogP contribution is 2.52. The molecule has 0 spiro atoms. The molecule has 4 heterocycles. The first-order valence-corrected chi connectivity index (χ1v) is 10.6. The van der Waals surface area contributed by atoms with E-state index in [0.29, 0.717) is 6.04 Å². The third-order valence-corrected chi connectivity index (χ3v) is 7.12. The van der Waals surface area contributed by atoms with Crippen LogP contribution in [-0.4, -0.2) is 38.8 Å². The number of aromatic amines is 1. The summed E-state index contributed by atoms with van der Waals surface area (Å²) in [4.78, 5) is 20.3. The molecule has 2 fully saturated rings. The van der Waals surface area contributed by atoms with Crippen LogP contribution in [0.15, 0.2) is 48.5 Å². The Morgan fingerprint density at radius 1 is 1.00 bits per heavy atom. The maximum absolute atomic E-state index is 11.8. The average molecular weight is 388 g/mol. The van der Waals surface area contributed by atoms with Gasteiger partial charge in [-0.2, -0.15) is 0 Å². The number of fused-ring (bicyclic) bond motifs is 7. The van der Waals surface area contributed by atoms with Crippen LogP contribution in [0.4, 0.5) is 5.69 Å². The molecule has 6 heteroatoms. The maximum atomic E-state index is 11.8. The minimum absolute atomic E-state index is 0.0218. The summed E-state index contributed by atoms with van der Waals surface area (Å²) in [5.74, 6) is 0. The third-order valence-electron chi connectivity index (χ3n) is 7.12. The SMILES string of the molecule is O=[N+]([O-])c1ccccc1C1N2CCc3c([nH]c4ccccc34)C2[C@H]2CCCCN12. The molecular weight excluding hydrogens is 364 g/mol. The van der Waals surface area contributed by atoms with Gasteiger partial charge >= 0.3 is 0 Å². The minimum atomic E-state index is -0.222. The zero-order valence-corrected chi connectivity index (χ0v) is 16.3. The second-order valence-corrected chi connectivity index (χ2v) is 8.49. The molecule has 2 unspecified atom stereocenters. The molecule has 3 atom stereocenters. The van der Waals surface area contributed by atoms with Crippen molar-refractivity contribution < 1.29 is 4.92 Å². The number of benzene rings is 2. The largest absolute Gasteiger partial charge is 0.357 e. The highest BCUT2D eigenvalue weighted by molar-refractivity contribution is 5.85. The van der Waals surface area contributed by atoms with Gasteiger partial charge in [-0.25, -0.2) is 0 Å². The van der Waals surface area contributed by atoms with Gasteiger partial charge in [-0.3, -0.25) is 19.9 Å². The molecule has 1 N–H and O–H groups in total. The fraction of sp³-hybridized carbons (Fsp3) is 0.391. The Bertz CT molecular complexity index is 1110. The zero-order chi connectivity index (χ0) is 19.5. The first-order chi connectivity index (χ1) is 14.2. The van der Waals surface area contributed by atoms with E-state index in [9.17, 15) is 10.1 Å². The highest BCUT2D eigenvalue weighted by Gasteiger charge is 2.52. The van der Waals surface area contributed by atoms with Gasteiger partial charge in [0.2, 0.25) is 0 Å². The fourth-order valence-electron chi connectivity index (χ4n) is 6.02. The van der Waals surface area contributed by atoms with Crippen molar-refractivity contribution in [3.8, 4) is 0 Å². The Morgan fingerprint density at radius 2 is 1.83 bits per heavy atom. The summed E-state index contributed by atoms with van der Waals surface area (Å²) in [6.45, 7) is 1.94. The van der Waals surface area contributed by atoms with Gasteiger partial charge in [0.15, 0.2) is 0 Å². The van der Waals surface area contributed by atoms with Crippen LogP contribution in [0.5, 0.6) is 0 Å². The first kappa shape index (κ1) is 17.2. The van der Waals surface area contributed by atoms with Gasteiger partial charge in [-0.1, -0.05) is 36.8 Å². The van der Waals surface area contributed by atoms with E-state index in [2.05, 4.69) is 39.0 Å². The Kier molecular flexibility index (Phi) is 3.79. The lowest BCUT2D eigenvalue weighted by Gasteiger charge is -2.34. The fourth-order valence-corrected chi connectivity index (χ4v) is 6.02. The Morgan fingerprint density at radius 3 is 2.72 bits per heavy atom. The number of rotatable bonds is 2. The number of nitrogens with one attached hydrogen (secondary N) is 1. The molecule has 2 aromatic carbocycles. The van der Waals surface area contributed by atoms with Crippen molar-refractivity contribution in [2.45, 2.75) is 43.9 Å². The predicted octanol–water partition coefficient (Wildman–Crippen LogP) is 4.54. The summed E-state index contributed by atoms with van der Waals surface area (Å²) in [7, 11) is 0. The lowest BCUT2D eigenvalue weighted by atomic mass is 9.90. The van der Waals surface area contributed by atoms with Gasteiger partial charge < -0.3 is 4.98 Å². The summed E-state index contributed by atoms with van der Waals surface area (Å²) in [6, 6.07) is 16.6. The molecule has 0 saturated carbocycles. The normalized spacial score (nSPS) is 26.8. The third kappa shape index (κ3) is 2.42. The van der Waals surface area contributed by atoms with E-state index in [1.54, 1.807) is 12.1 Å². The maximum Gasteiger partial charge on any atom is 0.275 e. The van der Waals surface area contributed by atoms with Gasteiger partial charge in [0.1, 0.15) is 0 Å². The van der Waals surface area contributed by atoms with Crippen molar-refractivity contribution in [3.63, 3.8) is 0 Å². The predicted molar refractivity (Wildman–Crippen MR) is 112 cm³/mol. The van der Waals surface area contributed by atoms with E-state index < -0.39 is 0 Å². The van der Waals surface area contributed by atoms with E-state index in [1.807, 2.05) is 12.1 Å². The molecule has 6 nitrogen and oxygen atoms in total. The number of nitro benzene ring substituents is 1. The molecule has 3 aliphatic rings. The Balaban J connectivity index is 1.52. The van der Waals surface area contributed by atoms with Crippen molar-refractivity contribution in [3.05, 3.63) is 75.5 Å². The molecule has 0 amide bonds. The van der Waals surface area contributed by atoms with Crippen LogP contribution in [0.1, 0.15) is 48.3 Å². The summed E-state index contributed by atoms with van der Waals surface area (Å²) in [6.07, 6.45) is 4.49. The van der Waals surface area contributed by atoms with E-state index in [0.717, 1.165) is 37.9 Å². The zero-order valence-electron chi connectivity index (χ0n) is 16.3. The topological polar surface area (TPSA) is 65.4 Å². The van der Waals surface area contributed by atoms with Crippen molar-refractivity contribution in [2.75, 3.05) is 13.1 Å². The van der Waals surface area contributed by atoms with E-state index in [1.165, 1.54) is 28.6 Å². The quantitative estimate of drug-likeness (QED) is 0.517. The number of para-hydroxylation sites is 2. The van der Waals surface area contributed by atoms with Crippen molar-refractivity contribution in [1.29, 1.82) is 0 Å². The molecule has 1 aromatic heterocycles. The van der Waals surface area contributed by atoms with Crippen LogP contribution in [0.2, 0.25) is 0 Å².